The first-order valence-corrected chi connectivity index (χ1v) is 13.6. The highest BCUT2D eigenvalue weighted by molar-refractivity contribution is 7.73. The normalized spacial score (nSPS) is 14.1. The Morgan fingerprint density at radius 3 is 2.15 bits per heavy atom. The highest BCUT2D eigenvalue weighted by Crippen LogP contribution is 2.41. The summed E-state index contributed by atoms with van der Waals surface area (Å²) in [6.45, 7) is 3.83. The first-order chi connectivity index (χ1) is 19.1. The third-order valence-corrected chi connectivity index (χ3v) is 7.02. The van der Waals surface area contributed by atoms with Gasteiger partial charge in [-0.15, -0.1) is 0 Å². The summed E-state index contributed by atoms with van der Waals surface area (Å²) in [5.74, 6) is -1.80. The number of nitrogens with one attached hydrogen (secondary N) is 1. The number of piperazine rings is 1. The fourth-order valence-electron chi connectivity index (χ4n) is 4.74. The third-order valence-electron chi connectivity index (χ3n) is 6.58. The van der Waals surface area contributed by atoms with Crippen LogP contribution in [0.25, 0.3) is 22.4 Å². The van der Waals surface area contributed by atoms with Crippen LogP contribution < -0.4 is 14.5 Å². The minimum absolute atomic E-state index is 0.0397. The molecule has 1 N–H and O–H groups in total. The fourth-order valence-corrected chi connectivity index (χ4v) is 5.09. The molecule has 208 valence electrons. The predicted octanol–water partition coefficient (Wildman–Crippen LogP) is 5.54. The van der Waals surface area contributed by atoms with E-state index >= 15 is 0 Å². The van der Waals surface area contributed by atoms with E-state index in [1.165, 1.54) is 24.3 Å². The summed E-state index contributed by atoms with van der Waals surface area (Å²) in [6.07, 6.45) is -4.84. The van der Waals surface area contributed by atoms with Crippen LogP contribution in [0.2, 0.25) is 0 Å². The van der Waals surface area contributed by atoms with Crippen molar-refractivity contribution in [2.45, 2.75) is 13.1 Å². The Kier molecular flexibility index (Phi) is 7.61. The molecule has 0 bridgehead atoms. The number of thiol groups is 1. The first-order valence-electron chi connectivity index (χ1n) is 12.4. The van der Waals surface area contributed by atoms with Crippen molar-refractivity contribution < 1.29 is 26.0 Å². The summed E-state index contributed by atoms with van der Waals surface area (Å²) in [6, 6.07) is 19.3. The standard InChI is InChI=1S/C28H25F4N5O2S/c1-18-4-2-7-23(16-18)36-12-14-37(15-13-36)26-24(20-5-3-6-22(17-20)35-40(38)39)25(19-8-10-21(29)11-9-19)33-27(34-26)28(30,31)32/h2-11,16-17,40H,12-15H2,1H3,(H,35,38,39). The quantitative estimate of drug-likeness (QED) is 0.234. The highest BCUT2D eigenvalue weighted by Gasteiger charge is 2.38. The third kappa shape index (κ3) is 6.01. The average Bonchev–Trinajstić information content (AvgIpc) is 2.92. The lowest BCUT2D eigenvalue weighted by atomic mass is 9.98. The van der Waals surface area contributed by atoms with E-state index in [0.717, 1.165) is 23.4 Å². The van der Waals surface area contributed by atoms with E-state index in [-0.39, 0.29) is 28.3 Å². The van der Waals surface area contributed by atoms with Crippen molar-refractivity contribution in [3.05, 3.63) is 90.0 Å². The molecule has 7 nitrogen and oxygen atoms in total. The molecule has 1 saturated heterocycles. The van der Waals surface area contributed by atoms with E-state index < -0.39 is 28.7 Å². The molecule has 1 aliphatic rings. The molecule has 0 spiro atoms. The van der Waals surface area contributed by atoms with Crippen molar-refractivity contribution in [3.8, 4) is 22.4 Å². The number of aromatic nitrogens is 2. The summed E-state index contributed by atoms with van der Waals surface area (Å²) in [4.78, 5) is 11.8. The van der Waals surface area contributed by atoms with Crippen LogP contribution in [0, 0.1) is 12.7 Å². The van der Waals surface area contributed by atoms with Gasteiger partial charge in [-0.05, 0) is 66.6 Å². The molecule has 5 rings (SSSR count). The number of hydrogen-bond donors (Lipinski definition) is 2. The molecule has 1 fully saturated rings. The van der Waals surface area contributed by atoms with Crippen LogP contribution in [-0.2, 0) is 17.1 Å². The van der Waals surface area contributed by atoms with E-state index in [2.05, 4.69) is 25.7 Å². The van der Waals surface area contributed by atoms with Gasteiger partial charge in [0.05, 0.1) is 11.3 Å². The molecular weight excluding hydrogens is 546 g/mol. The van der Waals surface area contributed by atoms with Crippen LogP contribution in [0.4, 0.5) is 34.8 Å². The Bertz CT molecular complexity index is 1590. The topological polar surface area (TPSA) is 78.4 Å². The minimum atomic E-state index is -4.84. The molecule has 12 heteroatoms. The summed E-state index contributed by atoms with van der Waals surface area (Å²) in [5, 5.41) is 0. The van der Waals surface area contributed by atoms with Gasteiger partial charge in [0.2, 0.25) is 16.7 Å². The van der Waals surface area contributed by atoms with Gasteiger partial charge in [-0.2, -0.15) is 13.2 Å². The molecule has 3 aromatic carbocycles. The van der Waals surface area contributed by atoms with Gasteiger partial charge in [0.1, 0.15) is 11.6 Å². The zero-order valence-electron chi connectivity index (χ0n) is 21.3. The van der Waals surface area contributed by atoms with E-state index in [1.54, 1.807) is 17.0 Å². The van der Waals surface area contributed by atoms with E-state index in [0.29, 0.717) is 31.7 Å². The molecule has 40 heavy (non-hydrogen) atoms. The largest absolute Gasteiger partial charge is 0.451 e. The Balaban J connectivity index is 1.65. The maximum atomic E-state index is 14.1. The lowest BCUT2D eigenvalue weighted by Crippen LogP contribution is -2.47. The SMILES string of the molecule is Cc1cccc(N2CCN(c3nc(C(F)(F)F)nc(-c4ccc(F)cc4)c3-c3cccc(N[SH](=O)=O)c3)CC2)c1. The van der Waals surface area contributed by atoms with Crippen LogP contribution in [0.15, 0.2) is 72.8 Å². The summed E-state index contributed by atoms with van der Waals surface area (Å²) in [7, 11) is -2.97. The number of anilines is 3. The van der Waals surface area contributed by atoms with Crippen molar-refractivity contribution in [2.75, 3.05) is 40.7 Å². The second kappa shape index (κ2) is 11.1. The number of halogens is 4. The molecule has 0 saturated carbocycles. The van der Waals surface area contributed by atoms with Gasteiger partial charge in [-0.25, -0.2) is 22.8 Å². The molecule has 4 aromatic rings. The molecule has 1 aliphatic heterocycles. The summed E-state index contributed by atoms with van der Waals surface area (Å²) in [5.41, 5.74) is 3.27. The van der Waals surface area contributed by atoms with Crippen molar-refractivity contribution in [1.82, 2.24) is 9.97 Å². The Morgan fingerprint density at radius 2 is 1.50 bits per heavy atom. The molecule has 1 aromatic heterocycles. The van der Waals surface area contributed by atoms with Crippen LogP contribution in [0.1, 0.15) is 11.4 Å². The predicted molar refractivity (Wildman–Crippen MR) is 147 cm³/mol. The van der Waals surface area contributed by atoms with Gasteiger partial charge in [0, 0.05) is 43.1 Å². The van der Waals surface area contributed by atoms with Crippen molar-refractivity contribution in [3.63, 3.8) is 0 Å². The van der Waals surface area contributed by atoms with Crippen LogP contribution >= 0.6 is 0 Å². The number of aryl methyl sites for hydroxylation is 1. The van der Waals surface area contributed by atoms with Gasteiger partial charge in [-0.1, -0.05) is 24.3 Å². The zero-order valence-corrected chi connectivity index (χ0v) is 22.2. The number of nitrogens with zero attached hydrogens (tertiary/aromatic N) is 4. The van der Waals surface area contributed by atoms with Crippen LogP contribution in [0.5, 0.6) is 0 Å². The fraction of sp³-hybridized carbons (Fsp3) is 0.214. The lowest BCUT2D eigenvalue weighted by Gasteiger charge is -2.38. The number of rotatable bonds is 6. The van der Waals surface area contributed by atoms with E-state index in [9.17, 15) is 26.0 Å². The molecule has 0 aliphatic carbocycles. The molecule has 0 atom stereocenters. The molecule has 0 amide bonds. The van der Waals surface area contributed by atoms with Crippen molar-refractivity contribution in [1.29, 1.82) is 0 Å². The van der Waals surface area contributed by atoms with Gasteiger partial charge in [0.25, 0.3) is 0 Å². The van der Waals surface area contributed by atoms with E-state index in [4.69, 9.17) is 0 Å². The molecule has 0 radical (unpaired) electrons. The van der Waals surface area contributed by atoms with Gasteiger partial charge >= 0.3 is 6.18 Å². The Labute approximate surface area is 230 Å². The molecule has 0 unspecified atom stereocenters. The second-order valence-corrected chi connectivity index (χ2v) is 10.1. The van der Waals surface area contributed by atoms with Gasteiger partial charge in [-0.3, -0.25) is 4.72 Å². The average molecular weight is 572 g/mol. The van der Waals surface area contributed by atoms with Crippen LogP contribution in [0.3, 0.4) is 0 Å². The summed E-state index contributed by atoms with van der Waals surface area (Å²) < 4.78 is 80.9. The second-order valence-electron chi connectivity index (χ2n) is 9.36. The van der Waals surface area contributed by atoms with Crippen LogP contribution in [-0.4, -0.2) is 44.6 Å². The zero-order chi connectivity index (χ0) is 28.4. The summed E-state index contributed by atoms with van der Waals surface area (Å²) >= 11 is 0. The monoisotopic (exact) mass is 571 g/mol. The minimum Gasteiger partial charge on any atom is -0.368 e. The maximum absolute atomic E-state index is 14.1. The Hall–Kier alpha value is -4.19. The lowest BCUT2D eigenvalue weighted by molar-refractivity contribution is -0.144. The Morgan fingerprint density at radius 1 is 0.825 bits per heavy atom. The number of hydrogen-bond acceptors (Lipinski definition) is 6. The maximum Gasteiger partial charge on any atom is 0.451 e. The van der Waals surface area contributed by atoms with Gasteiger partial charge in [0.15, 0.2) is 0 Å². The number of benzene rings is 3. The smallest absolute Gasteiger partial charge is 0.368 e. The van der Waals surface area contributed by atoms with E-state index in [1.807, 2.05) is 25.1 Å². The van der Waals surface area contributed by atoms with Gasteiger partial charge < -0.3 is 9.80 Å². The van der Waals surface area contributed by atoms with Crippen molar-refractivity contribution >= 4 is 28.1 Å². The number of alkyl halides is 3. The first kappa shape index (κ1) is 27.4. The molecule has 2 heterocycles. The highest BCUT2D eigenvalue weighted by atomic mass is 32.2. The van der Waals surface area contributed by atoms with Crippen molar-refractivity contribution in [2.24, 2.45) is 0 Å². The molecular formula is C28H25F4N5O2S.